The van der Waals surface area contributed by atoms with Crippen LogP contribution in [0.15, 0.2) is 81.3 Å². The van der Waals surface area contributed by atoms with E-state index < -0.39 is 0 Å². The smallest absolute Gasteiger partial charge is 0.250 e. The van der Waals surface area contributed by atoms with Crippen LogP contribution in [0.2, 0.25) is 0 Å². The van der Waals surface area contributed by atoms with Crippen molar-refractivity contribution in [2.75, 3.05) is 12.9 Å². The summed E-state index contributed by atoms with van der Waals surface area (Å²) >= 11 is 4.88. The maximum Gasteiger partial charge on any atom is 0.250 e. The molecule has 0 radical (unpaired) electrons. The van der Waals surface area contributed by atoms with E-state index in [9.17, 15) is 4.79 Å². The Bertz CT molecular complexity index is 921. The molecule has 5 nitrogen and oxygen atoms in total. The van der Waals surface area contributed by atoms with Crippen molar-refractivity contribution in [3.05, 3.63) is 77.0 Å². The number of nitrogens with one attached hydrogen (secondary N) is 1. The Hall–Kier alpha value is -2.51. The number of hydrazone groups is 1. The number of ether oxygens (including phenoxy) is 1. The molecule has 138 valence electrons. The lowest BCUT2D eigenvalue weighted by molar-refractivity contribution is -0.118. The molecule has 0 aliphatic heterocycles. The van der Waals surface area contributed by atoms with Crippen molar-refractivity contribution in [1.82, 2.24) is 9.99 Å². The fraction of sp³-hybridized carbons (Fsp3) is 0.100. The van der Waals surface area contributed by atoms with Crippen molar-refractivity contribution in [3.8, 4) is 11.4 Å². The summed E-state index contributed by atoms with van der Waals surface area (Å²) in [6.07, 6.45) is 3.59. The zero-order chi connectivity index (χ0) is 19.1. The molecule has 27 heavy (non-hydrogen) atoms. The van der Waals surface area contributed by atoms with Crippen LogP contribution in [0.4, 0.5) is 0 Å². The molecule has 3 aromatic rings. The van der Waals surface area contributed by atoms with E-state index >= 15 is 0 Å². The van der Waals surface area contributed by atoms with E-state index in [1.165, 1.54) is 11.8 Å². The Labute approximate surface area is 170 Å². The normalized spacial score (nSPS) is 10.9. The van der Waals surface area contributed by atoms with Crippen molar-refractivity contribution in [2.45, 2.75) is 4.90 Å². The monoisotopic (exact) mass is 443 g/mol. The van der Waals surface area contributed by atoms with E-state index in [1.54, 1.807) is 13.3 Å². The maximum absolute atomic E-state index is 12.0. The van der Waals surface area contributed by atoms with Crippen LogP contribution in [-0.2, 0) is 4.79 Å². The van der Waals surface area contributed by atoms with Crippen molar-refractivity contribution < 1.29 is 9.53 Å². The molecule has 1 aromatic heterocycles. The molecule has 0 fully saturated rings. The van der Waals surface area contributed by atoms with Crippen molar-refractivity contribution in [2.24, 2.45) is 5.10 Å². The van der Waals surface area contributed by atoms with Gasteiger partial charge in [-0.05, 0) is 60.7 Å². The van der Waals surface area contributed by atoms with Crippen LogP contribution in [0.1, 0.15) is 5.69 Å². The van der Waals surface area contributed by atoms with Gasteiger partial charge in [0.2, 0.25) is 5.91 Å². The van der Waals surface area contributed by atoms with E-state index in [0.29, 0.717) is 0 Å². The third kappa shape index (κ3) is 5.48. The molecule has 1 amide bonds. The predicted octanol–water partition coefficient (Wildman–Crippen LogP) is 4.49. The molecule has 0 unspecified atom stereocenters. The molecule has 1 N–H and O–H groups in total. The summed E-state index contributed by atoms with van der Waals surface area (Å²) in [5.41, 5.74) is 4.46. The number of benzene rings is 2. The lowest BCUT2D eigenvalue weighted by Crippen LogP contribution is -2.19. The van der Waals surface area contributed by atoms with Crippen molar-refractivity contribution in [1.29, 1.82) is 0 Å². The average Bonchev–Trinajstić information content (AvgIpc) is 3.16. The standard InChI is InChI=1S/C20H18BrN3O2S/c1-26-18-8-10-19(11-9-18)27-14-20(25)23-22-13-17-3-2-12-24(17)16-6-4-15(21)5-7-16/h2-13H,14H2,1H3,(H,23,25). The molecular formula is C20H18BrN3O2S. The summed E-state index contributed by atoms with van der Waals surface area (Å²) in [5.74, 6) is 0.924. The first-order chi connectivity index (χ1) is 13.2. The third-order valence-corrected chi connectivity index (χ3v) is 5.24. The van der Waals surface area contributed by atoms with Gasteiger partial charge in [0.15, 0.2) is 0 Å². The highest BCUT2D eigenvalue weighted by atomic mass is 79.9. The van der Waals surface area contributed by atoms with Gasteiger partial charge < -0.3 is 9.30 Å². The number of aromatic nitrogens is 1. The number of carbonyl (C=O) groups excluding carboxylic acids is 1. The highest BCUT2D eigenvalue weighted by molar-refractivity contribution is 9.10. The molecule has 0 saturated carbocycles. The second kappa shape index (κ2) is 9.43. The quantitative estimate of drug-likeness (QED) is 0.332. The average molecular weight is 444 g/mol. The Balaban J connectivity index is 1.53. The van der Waals surface area contributed by atoms with Gasteiger partial charge in [0.25, 0.3) is 0 Å². The highest BCUT2D eigenvalue weighted by Gasteiger charge is 2.04. The highest BCUT2D eigenvalue weighted by Crippen LogP contribution is 2.21. The van der Waals surface area contributed by atoms with Gasteiger partial charge in [-0.25, -0.2) is 5.43 Å². The molecule has 1 heterocycles. The molecule has 0 aliphatic carbocycles. The van der Waals surface area contributed by atoms with Crippen LogP contribution < -0.4 is 10.2 Å². The van der Waals surface area contributed by atoms with Gasteiger partial charge in [0.05, 0.1) is 24.8 Å². The fourth-order valence-electron chi connectivity index (χ4n) is 2.36. The summed E-state index contributed by atoms with van der Waals surface area (Å²) < 4.78 is 8.14. The minimum Gasteiger partial charge on any atom is -0.497 e. The van der Waals surface area contributed by atoms with Gasteiger partial charge in [-0.3, -0.25) is 4.79 Å². The zero-order valence-electron chi connectivity index (χ0n) is 14.6. The molecule has 0 spiro atoms. The van der Waals surface area contributed by atoms with Gasteiger partial charge in [0.1, 0.15) is 5.75 Å². The first-order valence-corrected chi connectivity index (χ1v) is 9.95. The number of hydrogen-bond acceptors (Lipinski definition) is 4. The van der Waals surface area contributed by atoms with Gasteiger partial charge in [-0.1, -0.05) is 15.9 Å². The number of hydrogen-bond donors (Lipinski definition) is 1. The van der Waals surface area contributed by atoms with E-state index in [2.05, 4.69) is 26.5 Å². The summed E-state index contributed by atoms with van der Waals surface area (Å²) in [6.45, 7) is 0. The van der Waals surface area contributed by atoms with Crippen LogP contribution in [0.25, 0.3) is 5.69 Å². The van der Waals surface area contributed by atoms with Crippen molar-refractivity contribution in [3.63, 3.8) is 0 Å². The zero-order valence-corrected chi connectivity index (χ0v) is 17.0. The Kier molecular flexibility index (Phi) is 6.73. The number of carbonyl (C=O) groups is 1. The summed E-state index contributed by atoms with van der Waals surface area (Å²) in [5, 5.41) is 4.07. The van der Waals surface area contributed by atoms with Gasteiger partial charge in [-0.2, -0.15) is 5.10 Å². The molecule has 0 aliphatic rings. The third-order valence-electron chi connectivity index (χ3n) is 3.70. The lowest BCUT2D eigenvalue weighted by atomic mass is 10.3. The predicted molar refractivity (Wildman–Crippen MR) is 113 cm³/mol. The minimum absolute atomic E-state index is 0.159. The molecule has 2 aromatic carbocycles. The maximum atomic E-state index is 12.0. The Morgan fingerprint density at radius 3 is 2.63 bits per heavy atom. The van der Waals surface area contributed by atoms with Gasteiger partial charge >= 0.3 is 0 Å². The van der Waals surface area contributed by atoms with Crippen LogP contribution >= 0.6 is 27.7 Å². The van der Waals surface area contributed by atoms with Gasteiger partial charge in [0, 0.05) is 21.3 Å². The second-order valence-electron chi connectivity index (χ2n) is 5.54. The Morgan fingerprint density at radius 1 is 1.19 bits per heavy atom. The minimum atomic E-state index is -0.159. The molecule has 0 atom stereocenters. The van der Waals surface area contributed by atoms with E-state index in [1.807, 2.05) is 71.4 Å². The first-order valence-electron chi connectivity index (χ1n) is 8.18. The van der Waals surface area contributed by atoms with E-state index in [-0.39, 0.29) is 11.7 Å². The number of nitrogens with zero attached hydrogens (tertiary/aromatic N) is 2. The van der Waals surface area contributed by atoms with Crippen LogP contribution in [-0.4, -0.2) is 29.6 Å². The van der Waals surface area contributed by atoms with E-state index in [4.69, 9.17) is 4.74 Å². The van der Waals surface area contributed by atoms with Crippen molar-refractivity contribution >= 4 is 39.8 Å². The number of amides is 1. The molecule has 7 heteroatoms. The molecular weight excluding hydrogens is 426 g/mol. The number of halogens is 1. The fourth-order valence-corrected chi connectivity index (χ4v) is 3.31. The van der Waals surface area contributed by atoms with Crippen LogP contribution in [0.5, 0.6) is 5.75 Å². The number of methoxy groups -OCH3 is 1. The topological polar surface area (TPSA) is 55.6 Å². The summed E-state index contributed by atoms with van der Waals surface area (Å²) in [7, 11) is 1.63. The van der Waals surface area contributed by atoms with Gasteiger partial charge in [-0.15, -0.1) is 11.8 Å². The molecule has 0 bridgehead atoms. The molecule has 3 rings (SSSR count). The second-order valence-corrected chi connectivity index (χ2v) is 7.50. The van der Waals surface area contributed by atoms with E-state index in [0.717, 1.165) is 26.5 Å². The number of rotatable bonds is 7. The Morgan fingerprint density at radius 2 is 1.93 bits per heavy atom. The van der Waals surface area contributed by atoms with Crippen LogP contribution in [0, 0.1) is 0 Å². The largest absolute Gasteiger partial charge is 0.497 e. The SMILES string of the molecule is COc1ccc(SCC(=O)NN=Cc2cccn2-c2ccc(Br)cc2)cc1. The summed E-state index contributed by atoms with van der Waals surface area (Å²) in [6, 6.07) is 19.4. The first kappa shape index (κ1) is 19.3. The summed E-state index contributed by atoms with van der Waals surface area (Å²) in [4.78, 5) is 13.0. The molecule has 0 saturated heterocycles. The lowest BCUT2D eigenvalue weighted by Gasteiger charge is -2.06. The van der Waals surface area contributed by atoms with Crippen LogP contribution in [0.3, 0.4) is 0 Å². The number of thioether (sulfide) groups is 1.